The Kier molecular flexibility index (Phi) is 7.15. The first-order chi connectivity index (χ1) is 18.3. The van der Waals surface area contributed by atoms with Gasteiger partial charge in [-0.2, -0.15) is 9.52 Å². The molecule has 2 atom stereocenters. The minimum absolute atomic E-state index is 0.0121. The summed E-state index contributed by atoms with van der Waals surface area (Å²) in [6, 6.07) is 22.8. The average molecular weight is 553 g/mol. The number of aromatic amines is 1. The number of nitrogens with one attached hydrogen (secondary N) is 2. The van der Waals surface area contributed by atoms with Crippen LogP contribution in [0.1, 0.15) is 24.3 Å². The van der Waals surface area contributed by atoms with E-state index in [1.54, 1.807) is 24.3 Å². The molecule has 1 aliphatic carbocycles. The minimum Gasteiger partial charge on any atom is -0.480 e. The van der Waals surface area contributed by atoms with E-state index >= 15 is 0 Å². The molecule has 3 N–H and O–H groups in total. The number of H-pyrrole nitrogens is 1. The molecule has 2 unspecified atom stereocenters. The molecule has 5 rings (SSSR count). The van der Waals surface area contributed by atoms with Crippen LogP contribution in [0.2, 0.25) is 5.02 Å². The number of anilines is 1. The highest BCUT2D eigenvalue weighted by atomic mass is 35.5. The van der Waals surface area contributed by atoms with Gasteiger partial charge in [-0.3, -0.25) is 4.79 Å². The van der Waals surface area contributed by atoms with E-state index in [0.717, 1.165) is 21.0 Å². The van der Waals surface area contributed by atoms with Gasteiger partial charge in [-0.25, -0.2) is 8.42 Å². The predicted molar refractivity (Wildman–Crippen MR) is 142 cm³/mol. The molecule has 1 fully saturated rings. The third-order valence-electron chi connectivity index (χ3n) is 6.74. The molecular formula is C26H25ClN6O4S. The van der Waals surface area contributed by atoms with Crippen molar-refractivity contribution in [3.63, 3.8) is 0 Å². The number of benzene rings is 3. The summed E-state index contributed by atoms with van der Waals surface area (Å²) in [5.74, 6) is -1.35. The van der Waals surface area contributed by atoms with E-state index in [4.69, 9.17) is 11.6 Å². The Hall–Kier alpha value is -3.80. The Morgan fingerprint density at radius 3 is 2.32 bits per heavy atom. The van der Waals surface area contributed by atoms with Crippen LogP contribution >= 0.6 is 11.6 Å². The van der Waals surface area contributed by atoms with E-state index in [-0.39, 0.29) is 23.8 Å². The summed E-state index contributed by atoms with van der Waals surface area (Å²) in [6.45, 7) is 0.314. The Balaban J connectivity index is 1.45. The van der Waals surface area contributed by atoms with Crippen molar-refractivity contribution in [3.05, 3.63) is 89.4 Å². The van der Waals surface area contributed by atoms with Gasteiger partial charge < -0.3 is 10.4 Å². The summed E-state index contributed by atoms with van der Waals surface area (Å²) in [6.07, 6.45) is 0.514. The summed E-state index contributed by atoms with van der Waals surface area (Å²) in [5, 5.41) is 27.4. The first-order valence-corrected chi connectivity index (χ1v) is 13.8. The lowest BCUT2D eigenvalue weighted by Gasteiger charge is -2.29. The normalized spacial score (nSPS) is 18.8. The molecule has 1 saturated carbocycles. The van der Waals surface area contributed by atoms with Crippen LogP contribution in [-0.4, -0.2) is 63.1 Å². The summed E-state index contributed by atoms with van der Waals surface area (Å²) in [4.78, 5) is 12.7. The monoisotopic (exact) mass is 552 g/mol. The quantitative estimate of drug-likeness (QED) is 0.237. The Bertz CT molecular complexity index is 1500. The van der Waals surface area contributed by atoms with Crippen molar-refractivity contribution < 1.29 is 18.3 Å². The zero-order chi connectivity index (χ0) is 26.8. The van der Waals surface area contributed by atoms with Crippen molar-refractivity contribution in [2.24, 2.45) is 0 Å². The van der Waals surface area contributed by atoms with Gasteiger partial charge in [-0.05, 0) is 59.0 Å². The summed E-state index contributed by atoms with van der Waals surface area (Å²) in [7, 11) is -4.17. The highest BCUT2D eigenvalue weighted by Gasteiger charge is 2.67. The van der Waals surface area contributed by atoms with Crippen LogP contribution < -0.4 is 5.32 Å². The number of carboxylic acid groups (broad SMARTS) is 1. The molecule has 10 nitrogen and oxygen atoms in total. The third-order valence-corrected chi connectivity index (χ3v) is 8.94. The van der Waals surface area contributed by atoms with E-state index in [0.29, 0.717) is 18.0 Å². The molecule has 0 amide bonds. The van der Waals surface area contributed by atoms with E-state index in [1.165, 1.54) is 12.1 Å². The number of sulfonamides is 1. The number of nitrogens with zero attached hydrogens (tertiary/aromatic N) is 4. The second-order valence-electron chi connectivity index (χ2n) is 9.02. The maximum atomic E-state index is 14.0. The topological polar surface area (TPSA) is 141 Å². The van der Waals surface area contributed by atoms with Gasteiger partial charge in [0.15, 0.2) is 0 Å². The van der Waals surface area contributed by atoms with Gasteiger partial charge in [0.05, 0.1) is 4.90 Å². The SMILES string of the molecule is O=C(O)C1(N(CCCNc2nn[nH]n2)S(=O)(=O)c2ccc(-c3ccc(Cl)cc3)cc2)CC1c1ccccc1. The van der Waals surface area contributed by atoms with E-state index in [2.05, 4.69) is 25.9 Å². The van der Waals surface area contributed by atoms with Crippen LogP contribution in [0.4, 0.5) is 5.95 Å². The number of aliphatic carboxylic acids is 1. The molecular weight excluding hydrogens is 528 g/mol. The number of aromatic nitrogens is 4. The van der Waals surface area contributed by atoms with Crippen LogP contribution in [0, 0.1) is 0 Å². The van der Waals surface area contributed by atoms with Crippen LogP contribution in [-0.2, 0) is 14.8 Å². The molecule has 0 radical (unpaired) electrons. The van der Waals surface area contributed by atoms with Gasteiger partial charge in [-0.1, -0.05) is 71.3 Å². The van der Waals surface area contributed by atoms with E-state index in [9.17, 15) is 18.3 Å². The maximum absolute atomic E-state index is 14.0. The number of tetrazole rings is 1. The number of rotatable bonds is 11. The van der Waals surface area contributed by atoms with Crippen molar-refractivity contribution in [2.75, 3.05) is 18.4 Å². The largest absolute Gasteiger partial charge is 0.480 e. The third kappa shape index (κ3) is 5.00. The average Bonchev–Trinajstić information content (AvgIpc) is 3.46. The smallest absolute Gasteiger partial charge is 0.325 e. The maximum Gasteiger partial charge on any atom is 0.325 e. The lowest BCUT2D eigenvalue weighted by molar-refractivity contribution is -0.143. The molecule has 1 aliphatic rings. The Labute approximate surface area is 224 Å². The van der Waals surface area contributed by atoms with Gasteiger partial charge in [0.1, 0.15) is 5.54 Å². The molecule has 38 heavy (non-hydrogen) atoms. The highest BCUT2D eigenvalue weighted by molar-refractivity contribution is 7.89. The lowest BCUT2D eigenvalue weighted by atomic mass is 10.1. The van der Waals surface area contributed by atoms with Crippen molar-refractivity contribution in [2.45, 2.75) is 29.2 Å². The van der Waals surface area contributed by atoms with Crippen LogP contribution in [0.5, 0.6) is 0 Å². The molecule has 4 aromatic rings. The summed E-state index contributed by atoms with van der Waals surface area (Å²) < 4.78 is 29.1. The van der Waals surface area contributed by atoms with Gasteiger partial charge in [0.2, 0.25) is 10.0 Å². The number of hydrogen-bond donors (Lipinski definition) is 3. The molecule has 12 heteroatoms. The molecule has 3 aromatic carbocycles. The minimum atomic E-state index is -4.17. The molecule has 0 bridgehead atoms. The first-order valence-electron chi connectivity index (χ1n) is 12.0. The standard InChI is InChI=1S/C26H25ClN6O4S/c27-21-11-7-18(8-12-21)19-9-13-22(14-10-19)38(36,37)33(16-4-15-28-25-29-31-32-30-25)26(24(34)35)17-23(26)20-5-2-1-3-6-20/h1-3,5-14,23H,4,15-17H2,(H,34,35)(H2,28,29,30,31,32). The number of carbonyl (C=O) groups is 1. The number of halogens is 1. The van der Waals surface area contributed by atoms with Gasteiger partial charge in [0.25, 0.3) is 5.95 Å². The van der Waals surface area contributed by atoms with Crippen molar-refractivity contribution in [1.82, 2.24) is 24.9 Å². The zero-order valence-electron chi connectivity index (χ0n) is 20.2. The van der Waals surface area contributed by atoms with Crippen molar-refractivity contribution in [1.29, 1.82) is 0 Å². The second kappa shape index (κ2) is 10.5. The number of carboxylic acids is 1. The Morgan fingerprint density at radius 1 is 1.05 bits per heavy atom. The molecule has 0 spiro atoms. The van der Waals surface area contributed by atoms with Gasteiger partial charge >= 0.3 is 5.97 Å². The van der Waals surface area contributed by atoms with Crippen LogP contribution in [0.25, 0.3) is 11.1 Å². The van der Waals surface area contributed by atoms with Crippen LogP contribution in [0.3, 0.4) is 0 Å². The Morgan fingerprint density at radius 2 is 1.71 bits per heavy atom. The first kappa shape index (κ1) is 25.8. The predicted octanol–water partition coefficient (Wildman–Crippen LogP) is 4.02. The molecule has 1 aromatic heterocycles. The molecule has 0 saturated heterocycles. The summed E-state index contributed by atoms with van der Waals surface area (Å²) >= 11 is 5.98. The number of hydrogen-bond acceptors (Lipinski definition) is 7. The van der Waals surface area contributed by atoms with Crippen LogP contribution in [0.15, 0.2) is 83.8 Å². The zero-order valence-corrected chi connectivity index (χ0v) is 21.7. The fourth-order valence-electron chi connectivity index (χ4n) is 4.73. The highest BCUT2D eigenvalue weighted by Crippen LogP contribution is 2.57. The molecule has 0 aliphatic heterocycles. The van der Waals surface area contributed by atoms with Gasteiger partial charge in [0, 0.05) is 24.0 Å². The fraction of sp³-hybridized carbons (Fsp3) is 0.231. The fourth-order valence-corrected chi connectivity index (χ4v) is 6.67. The van der Waals surface area contributed by atoms with Gasteiger partial charge in [-0.15, -0.1) is 5.10 Å². The van der Waals surface area contributed by atoms with Crippen molar-refractivity contribution >= 4 is 33.5 Å². The summed E-state index contributed by atoms with van der Waals surface area (Å²) in [5.41, 5.74) is 0.911. The lowest BCUT2D eigenvalue weighted by Crippen LogP contribution is -2.49. The van der Waals surface area contributed by atoms with Crippen molar-refractivity contribution in [3.8, 4) is 11.1 Å². The molecule has 1 heterocycles. The molecule has 196 valence electrons. The van der Waals surface area contributed by atoms with E-state index in [1.807, 2.05) is 42.5 Å². The second-order valence-corrected chi connectivity index (χ2v) is 11.3. The van der Waals surface area contributed by atoms with E-state index < -0.39 is 27.4 Å².